The minimum absolute atomic E-state index is 0.218. The maximum atomic E-state index is 13.4. The highest BCUT2D eigenvalue weighted by Gasteiger charge is 2.33. The molecular formula is C15H9F4N3. The van der Waals surface area contributed by atoms with Crippen LogP contribution in [0.25, 0.3) is 22.5 Å². The fourth-order valence-corrected chi connectivity index (χ4v) is 2.18. The topological polar surface area (TPSA) is 41.6 Å². The maximum Gasteiger partial charge on any atom is 0.417 e. The minimum Gasteiger partial charge on any atom is -0.265 e. The van der Waals surface area contributed by atoms with E-state index in [1.54, 1.807) is 12.1 Å². The summed E-state index contributed by atoms with van der Waals surface area (Å²) >= 11 is 0. The van der Waals surface area contributed by atoms with E-state index in [9.17, 15) is 17.6 Å². The number of alkyl halides is 3. The van der Waals surface area contributed by atoms with Crippen LogP contribution in [-0.2, 0) is 6.18 Å². The summed E-state index contributed by atoms with van der Waals surface area (Å²) < 4.78 is 52.7. The summed E-state index contributed by atoms with van der Waals surface area (Å²) in [6, 6.07) is 8.63. The molecule has 3 aromatic rings. The zero-order valence-corrected chi connectivity index (χ0v) is 11.0. The first kappa shape index (κ1) is 14.2. The highest BCUT2D eigenvalue weighted by molar-refractivity contribution is 5.73. The van der Waals surface area contributed by atoms with E-state index in [-0.39, 0.29) is 11.1 Å². The molecule has 1 N–H and O–H groups in total. The Morgan fingerprint density at radius 3 is 2.41 bits per heavy atom. The van der Waals surface area contributed by atoms with Gasteiger partial charge in [0, 0.05) is 5.56 Å². The van der Waals surface area contributed by atoms with Gasteiger partial charge in [-0.1, -0.05) is 18.2 Å². The number of hydrogen-bond donors (Lipinski definition) is 1. The van der Waals surface area contributed by atoms with Crippen molar-refractivity contribution in [3.05, 3.63) is 60.2 Å². The van der Waals surface area contributed by atoms with Gasteiger partial charge in [-0.05, 0) is 35.4 Å². The fraction of sp³-hybridized carbons (Fsp3) is 0.0667. The van der Waals surface area contributed by atoms with Crippen molar-refractivity contribution < 1.29 is 17.6 Å². The summed E-state index contributed by atoms with van der Waals surface area (Å²) in [6.45, 7) is 0. The predicted octanol–water partition coefficient (Wildman–Crippen LogP) is 4.30. The second-order valence-corrected chi connectivity index (χ2v) is 4.59. The summed E-state index contributed by atoms with van der Waals surface area (Å²) in [7, 11) is 0. The Kier molecular flexibility index (Phi) is 3.40. The van der Waals surface area contributed by atoms with Crippen LogP contribution in [0.1, 0.15) is 5.56 Å². The van der Waals surface area contributed by atoms with Crippen LogP contribution in [-0.4, -0.2) is 15.2 Å². The molecule has 0 fully saturated rings. The lowest BCUT2D eigenvalue weighted by Crippen LogP contribution is -2.07. The molecule has 22 heavy (non-hydrogen) atoms. The number of halogens is 4. The molecule has 3 rings (SSSR count). The Morgan fingerprint density at radius 1 is 0.955 bits per heavy atom. The number of nitrogens with one attached hydrogen (secondary N) is 1. The first-order chi connectivity index (χ1) is 10.4. The number of nitrogens with zero attached hydrogens (tertiary/aromatic N) is 2. The van der Waals surface area contributed by atoms with Crippen molar-refractivity contribution in [3.63, 3.8) is 0 Å². The Labute approximate surface area is 122 Å². The molecule has 2 aromatic carbocycles. The Morgan fingerprint density at radius 2 is 1.73 bits per heavy atom. The van der Waals surface area contributed by atoms with Crippen molar-refractivity contribution in [1.29, 1.82) is 0 Å². The van der Waals surface area contributed by atoms with Gasteiger partial charge in [0.25, 0.3) is 0 Å². The van der Waals surface area contributed by atoms with Crippen molar-refractivity contribution in [2.45, 2.75) is 6.18 Å². The van der Waals surface area contributed by atoms with Gasteiger partial charge in [0.05, 0.1) is 5.56 Å². The van der Waals surface area contributed by atoms with E-state index < -0.39 is 17.6 Å². The Balaban J connectivity index is 2.16. The average Bonchev–Trinajstić information content (AvgIpc) is 3.00. The zero-order chi connectivity index (χ0) is 15.7. The van der Waals surface area contributed by atoms with Gasteiger partial charge in [0.2, 0.25) is 0 Å². The van der Waals surface area contributed by atoms with Gasteiger partial charge in [-0.25, -0.2) is 9.37 Å². The third-order valence-electron chi connectivity index (χ3n) is 3.13. The quantitative estimate of drug-likeness (QED) is 0.717. The first-order valence-corrected chi connectivity index (χ1v) is 6.28. The average molecular weight is 307 g/mol. The molecule has 0 aliphatic carbocycles. The van der Waals surface area contributed by atoms with Gasteiger partial charge in [-0.3, -0.25) is 5.10 Å². The second kappa shape index (κ2) is 5.25. The lowest BCUT2D eigenvalue weighted by molar-refractivity contribution is -0.137. The lowest BCUT2D eigenvalue weighted by Gasteiger charge is -2.13. The molecule has 1 heterocycles. The minimum atomic E-state index is -4.57. The van der Waals surface area contributed by atoms with E-state index in [1.807, 2.05) is 0 Å². The molecule has 0 unspecified atom stereocenters. The third kappa shape index (κ3) is 2.69. The molecular weight excluding hydrogens is 298 g/mol. The van der Waals surface area contributed by atoms with E-state index in [4.69, 9.17) is 0 Å². The molecule has 1 aromatic heterocycles. The summed E-state index contributed by atoms with van der Waals surface area (Å²) in [5, 5.41) is 6.41. The normalized spacial score (nSPS) is 11.6. The van der Waals surface area contributed by atoms with Crippen LogP contribution < -0.4 is 0 Å². The molecule has 0 aliphatic rings. The second-order valence-electron chi connectivity index (χ2n) is 4.59. The number of rotatable bonds is 2. The molecule has 0 saturated heterocycles. The Hall–Kier alpha value is -2.70. The smallest absolute Gasteiger partial charge is 0.265 e. The fourth-order valence-electron chi connectivity index (χ4n) is 2.18. The van der Waals surface area contributed by atoms with Crippen molar-refractivity contribution in [2.24, 2.45) is 0 Å². The number of H-pyrrole nitrogens is 1. The van der Waals surface area contributed by atoms with Crippen LogP contribution in [0.4, 0.5) is 17.6 Å². The first-order valence-electron chi connectivity index (χ1n) is 6.28. The molecule has 0 saturated carbocycles. The molecule has 0 radical (unpaired) electrons. The van der Waals surface area contributed by atoms with E-state index in [1.165, 1.54) is 18.5 Å². The molecule has 0 atom stereocenters. The van der Waals surface area contributed by atoms with Crippen molar-refractivity contribution >= 4 is 0 Å². The summed E-state index contributed by atoms with van der Waals surface area (Å²) in [5.74, 6) is -0.377. The summed E-state index contributed by atoms with van der Waals surface area (Å²) in [6.07, 6.45) is -3.20. The van der Waals surface area contributed by atoms with Gasteiger partial charge in [-0.15, -0.1) is 0 Å². The van der Waals surface area contributed by atoms with Crippen LogP contribution >= 0.6 is 0 Å². The number of aromatic nitrogens is 3. The van der Waals surface area contributed by atoms with E-state index in [2.05, 4.69) is 15.2 Å². The largest absolute Gasteiger partial charge is 0.417 e. The van der Waals surface area contributed by atoms with Crippen molar-refractivity contribution in [2.75, 3.05) is 0 Å². The van der Waals surface area contributed by atoms with Crippen LogP contribution in [0.2, 0.25) is 0 Å². The van der Waals surface area contributed by atoms with Gasteiger partial charge in [0.1, 0.15) is 12.1 Å². The molecule has 3 nitrogen and oxygen atoms in total. The number of aromatic amines is 1. The number of benzene rings is 2. The molecule has 112 valence electrons. The van der Waals surface area contributed by atoms with Gasteiger partial charge in [0.15, 0.2) is 5.82 Å². The molecule has 7 heteroatoms. The molecule has 0 bridgehead atoms. The summed E-state index contributed by atoms with van der Waals surface area (Å²) in [4.78, 5) is 3.95. The van der Waals surface area contributed by atoms with Crippen molar-refractivity contribution in [3.8, 4) is 22.5 Å². The van der Waals surface area contributed by atoms with Crippen LogP contribution in [0.5, 0.6) is 0 Å². The van der Waals surface area contributed by atoms with Gasteiger partial charge >= 0.3 is 6.18 Å². The standard InChI is InChI=1S/C15H9F4N3/c16-11-4-5-13(15(17,18)19)12(7-11)9-2-1-3-10(6-9)14-20-8-21-22-14/h1-8H,(H,20,21,22). The number of hydrogen-bond acceptors (Lipinski definition) is 2. The highest BCUT2D eigenvalue weighted by Crippen LogP contribution is 2.38. The van der Waals surface area contributed by atoms with Crippen molar-refractivity contribution in [1.82, 2.24) is 15.2 Å². The van der Waals surface area contributed by atoms with Gasteiger partial charge in [-0.2, -0.15) is 18.3 Å². The monoisotopic (exact) mass is 307 g/mol. The maximum absolute atomic E-state index is 13.4. The SMILES string of the molecule is Fc1ccc(C(F)(F)F)c(-c2cccc(-c3nc[nH]n3)c2)c1. The van der Waals surface area contributed by atoms with Gasteiger partial charge < -0.3 is 0 Å². The predicted molar refractivity (Wildman–Crippen MR) is 72.2 cm³/mol. The van der Waals surface area contributed by atoms with Crippen LogP contribution in [0.15, 0.2) is 48.8 Å². The van der Waals surface area contributed by atoms with E-state index in [0.29, 0.717) is 11.4 Å². The van der Waals surface area contributed by atoms with E-state index >= 15 is 0 Å². The van der Waals surface area contributed by atoms with E-state index in [0.717, 1.165) is 18.2 Å². The highest BCUT2D eigenvalue weighted by atomic mass is 19.4. The Bertz CT molecular complexity index is 795. The molecule has 0 aliphatic heterocycles. The molecule has 0 amide bonds. The molecule has 0 spiro atoms. The summed E-state index contributed by atoms with van der Waals surface area (Å²) in [5.41, 5.74) is -0.323. The van der Waals surface area contributed by atoms with Crippen LogP contribution in [0, 0.1) is 5.82 Å². The lowest BCUT2D eigenvalue weighted by atomic mass is 9.97. The third-order valence-corrected chi connectivity index (χ3v) is 3.13. The zero-order valence-electron chi connectivity index (χ0n) is 11.0. The van der Waals surface area contributed by atoms with Crippen LogP contribution in [0.3, 0.4) is 0 Å².